The minimum absolute atomic E-state index is 0.00522. The number of aliphatic hydroxyl groups excluding tert-OH is 7. The van der Waals surface area contributed by atoms with Gasteiger partial charge in [-0.2, -0.15) is 0 Å². The van der Waals surface area contributed by atoms with Crippen LogP contribution in [-0.4, -0.2) is 124 Å². The molecular formula is C27H42O14. The van der Waals surface area contributed by atoms with Crippen molar-refractivity contribution in [2.24, 2.45) is 29.6 Å². The van der Waals surface area contributed by atoms with Gasteiger partial charge in [-0.25, -0.2) is 4.79 Å². The van der Waals surface area contributed by atoms with Crippen molar-refractivity contribution in [3.8, 4) is 0 Å². The van der Waals surface area contributed by atoms with Crippen LogP contribution in [0.4, 0.5) is 0 Å². The molecule has 3 aliphatic rings. The van der Waals surface area contributed by atoms with E-state index in [1.807, 2.05) is 6.92 Å². The lowest BCUT2D eigenvalue weighted by Crippen LogP contribution is -2.60. The molecule has 1 saturated heterocycles. The van der Waals surface area contributed by atoms with Crippen LogP contribution < -0.4 is 0 Å². The number of allylic oxidation sites excluding steroid dienone is 1. The van der Waals surface area contributed by atoms with E-state index < -0.39 is 73.5 Å². The first-order chi connectivity index (χ1) is 19.5. The molecular weight excluding hydrogens is 548 g/mol. The number of hydrogen-bond donors (Lipinski definition) is 7. The number of methoxy groups -OCH3 is 1. The zero-order valence-corrected chi connectivity index (χ0v) is 23.3. The molecule has 0 aromatic rings. The fourth-order valence-electron chi connectivity index (χ4n) is 5.83. The molecule has 41 heavy (non-hydrogen) atoms. The van der Waals surface area contributed by atoms with Gasteiger partial charge in [0.2, 0.25) is 6.29 Å². The second kappa shape index (κ2) is 14.8. The first-order valence-electron chi connectivity index (χ1n) is 13.6. The van der Waals surface area contributed by atoms with Crippen molar-refractivity contribution in [1.82, 2.24) is 0 Å². The van der Waals surface area contributed by atoms with Gasteiger partial charge in [-0.1, -0.05) is 13.0 Å². The molecule has 2 heterocycles. The number of esters is 2. The maximum atomic E-state index is 13.1. The van der Waals surface area contributed by atoms with E-state index in [1.165, 1.54) is 0 Å². The molecule has 2 fully saturated rings. The molecule has 0 radical (unpaired) electrons. The molecule has 3 rings (SSSR count). The molecule has 1 saturated carbocycles. The Bertz CT molecular complexity index is 946. The van der Waals surface area contributed by atoms with Gasteiger partial charge >= 0.3 is 11.9 Å². The molecule has 0 unspecified atom stereocenters. The maximum Gasteiger partial charge on any atom is 0.337 e. The summed E-state index contributed by atoms with van der Waals surface area (Å²) < 4.78 is 27.1. The summed E-state index contributed by atoms with van der Waals surface area (Å²) in [6, 6.07) is 0. The van der Waals surface area contributed by atoms with Gasteiger partial charge in [0.05, 0.1) is 44.7 Å². The number of rotatable bonds is 11. The lowest BCUT2D eigenvalue weighted by Gasteiger charge is -2.41. The maximum absolute atomic E-state index is 13.1. The summed E-state index contributed by atoms with van der Waals surface area (Å²) in [5.74, 6) is -3.69. The topological polar surface area (TPSA) is 222 Å². The van der Waals surface area contributed by atoms with Gasteiger partial charge in [0, 0.05) is 36.5 Å². The molecule has 11 atom stereocenters. The third kappa shape index (κ3) is 7.27. The molecule has 7 N–H and O–H groups in total. The number of carbonyl (C=O) groups is 2. The van der Waals surface area contributed by atoms with Gasteiger partial charge in [0.1, 0.15) is 24.4 Å². The molecule has 14 heteroatoms. The first-order valence-corrected chi connectivity index (χ1v) is 13.6. The molecule has 0 aromatic carbocycles. The van der Waals surface area contributed by atoms with Crippen LogP contribution in [0.1, 0.15) is 26.7 Å². The molecule has 1 aliphatic carbocycles. The van der Waals surface area contributed by atoms with Gasteiger partial charge in [0.25, 0.3) is 0 Å². The lowest BCUT2D eigenvalue weighted by atomic mass is 9.82. The molecule has 0 bridgehead atoms. The van der Waals surface area contributed by atoms with Crippen molar-refractivity contribution in [2.45, 2.75) is 69.8 Å². The largest absolute Gasteiger partial charge is 0.468 e. The summed E-state index contributed by atoms with van der Waals surface area (Å²) in [6.45, 7) is 2.13. The number of aliphatic hydroxyl groups is 7. The third-order valence-corrected chi connectivity index (χ3v) is 8.46. The highest BCUT2D eigenvalue weighted by atomic mass is 16.8. The zero-order chi connectivity index (χ0) is 30.4. The Morgan fingerprint density at radius 3 is 2.37 bits per heavy atom. The van der Waals surface area contributed by atoms with Crippen LogP contribution in [0.5, 0.6) is 0 Å². The standard InChI is InChI=1S/C27H42O14/c1-4-14-16(6-21(32)38-10-17-12(2)19(31)5-15(17)13(7-28)8-29)18(25(36)37-3)11-39-26(14)41-27-24(35)23(34)22(33)20(9-30)40-27/h4,11-13,15-17,19-20,22-24,26-31,33-35H,5-10H2,1-3H3/b14-4-/t12-,15+,16+,17-,19-,20-,22-,23+,24-,26+,27+/m1/s1. The fourth-order valence-corrected chi connectivity index (χ4v) is 5.83. The predicted octanol–water partition coefficient (Wildman–Crippen LogP) is -2.05. The monoisotopic (exact) mass is 590 g/mol. The highest BCUT2D eigenvalue weighted by Crippen LogP contribution is 2.42. The van der Waals surface area contributed by atoms with Crippen LogP contribution in [0.2, 0.25) is 0 Å². The number of hydrogen-bond acceptors (Lipinski definition) is 14. The fraction of sp³-hybridized carbons (Fsp3) is 0.778. The highest BCUT2D eigenvalue weighted by molar-refractivity contribution is 5.90. The average molecular weight is 591 g/mol. The van der Waals surface area contributed by atoms with Crippen LogP contribution in [0.25, 0.3) is 0 Å². The zero-order valence-electron chi connectivity index (χ0n) is 23.3. The van der Waals surface area contributed by atoms with E-state index in [1.54, 1.807) is 13.0 Å². The number of carbonyl (C=O) groups excluding carboxylic acids is 2. The van der Waals surface area contributed by atoms with Crippen LogP contribution in [0.3, 0.4) is 0 Å². The first kappa shape index (κ1) is 33.4. The summed E-state index contributed by atoms with van der Waals surface area (Å²) in [5.41, 5.74) is 0.277. The van der Waals surface area contributed by atoms with E-state index in [0.29, 0.717) is 6.42 Å². The van der Waals surface area contributed by atoms with Crippen molar-refractivity contribution < 1.29 is 69.0 Å². The Morgan fingerprint density at radius 1 is 1.10 bits per heavy atom. The lowest BCUT2D eigenvalue weighted by molar-refractivity contribution is -0.327. The van der Waals surface area contributed by atoms with Gasteiger partial charge in [-0.3, -0.25) is 4.79 Å². The van der Waals surface area contributed by atoms with Crippen LogP contribution in [0, 0.1) is 29.6 Å². The van der Waals surface area contributed by atoms with Crippen LogP contribution in [0.15, 0.2) is 23.5 Å². The van der Waals surface area contributed by atoms with Gasteiger partial charge in [0.15, 0.2) is 6.29 Å². The minimum atomic E-state index is -1.71. The van der Waals surface area contributed by atoms with E-state index >= 15 is 0 Å². The molecule has 0 aromatic heterocycles. The molecule has 14 nitrogen and oxygen atoms in total. The van der Waals surface area contributed by atoms with Crippen molar-refractivity contribution in [3.05, 3.63) is 23.5 Å². The Balaban J connectivity index is 1.75. The normalized spacial score (nSPS) is 38.5. The van der Waals surface area contributed by atoms with Crippen molar-refractivity contribution >= 4 is 11.9 Å². The molecule has 0 amide bonds. The van der Waals surface area contributed by atoms with Gasteiger partial charge in [-0.15, -0.1) is 0 Å². The average Bonchev–Trinajstić information content (AvgIpc) is 3.25. The summed E-state index contributed by atoms with van der Waals surface area (Å²) in [4.78, 5) is 25.6. The smallest absolute Gasteiger partial charge is 0.337 e. The summed E-state index contributed by atoms with van der Waals surface area (Å²) in [5, 5.41) is 69.7. The van der Waals surface area contributed by atoms with E-state index in [9.17, 15) is 45.3 Å². The van der Waals surface area contributed by atoms with E-state index in [0.717, 1.165) is 13.4 Å². The molecule has 0 spiro atoms. The summed E-state index contributed by atoms with van der Waals surface area (Å²) >= 11 is 0. The summed E-state index contributed by atoms with van der Waals surface area (Å²) in [6.07, 6.45) is -7.10. The minimum Gasteiger partial charge on any atom is -0.468 e. The van der Waals surface area contributed by atoms with Crippen LogP contribution >= 0.6 is 0 Å². The van der Waals surface area contributed by atoms with E-state index in [4.69, 9.17) is 23.7 Å². The van der Waals surface area contributed by atoms with E-state index in [-0.39, 0.29) is 55.1 Å². The molecule has 234 valence electrons. The second-order valence-corrected chi connectivity index (χ2v) is 10.7. The molecule has 2 aliphatic heterocycles. The Morgan fingerprint density at radius 2 is 1.78 bits per heavy atom. The van der Waals surface area contributed by atoms with Crippen molar-refractivity contribution in [1.29, 1.82) is 0 Å². The third-order valence-electron chi connectivity index (χ3n) is 8.46. The quantitative estimate of drug-likeness (QED) is 0.102. The Kier molecular flexibility index (Phi) is 12.1. The SMILES string of the molecule is C/C=C1\[C@H](O[C@@H]2O[C@H](CO)[C@@H](O)[C@H](O)[C@H]2O)OC=C(C(=O)OC)[C@H]1CC(=O)OC[C@@H]1[C@@H](C)[C@H](O)C[C@H]1C(CO)CO. The second-order valence-electron chi connectivity index (χ2n) is 10.7. The van der Waals surface area contributed by atoms with E-state index in [2.05, 4.69) is 0 Å². The van der Waals surface area contributed by atoms with Crippen molar-refractivity contribution in [2.75, 3.05) is 33.5 Å². The van der Waals surface area contributed by atoms with Crippen LogP contribution in [-0.2, 0) is 33.3 Å². The van der Waals surface area contributed by atoms with Crippen molar-refractivity contribution in [3.63, 3.8) is 0 Å². The highest BCUT2D eigenvalue weighted by Gasteiger charge is 2.47. The Hall–Kier alpha value is -2.14. The van der Waals surface area contributed by atoms with Gasteiger partial charge < -0.3 is 59.4 Å². The summed E-state index contributed by atoms with van der Waals surface area (Å²) in [7, 11) is 1.16. The predicted molar refractivity (Wildman–Crippen MR) is 137 cm³/mol. The Labute approximate surface area is 237 Å². The van der Waals surface area contributed by atoms with Gasteiger partial charge in [-0.05, 0) is 25.2 Å². The number of ether oxygens (including phenoxy) is 5.